The van der Waals surface area contributed by atoms with Gasteiger partial charge >= 0.3 is 0 Å². The molecule has 17 heavy (non-hydrogen) atoms. The van der Waals surface area contributed by atoms with Crippen molar-refractivity contribution in [3.63, 3.8) is 0 Å². The Bertz CT molecular complexity index is 389. The van der Waals surface area contributed by atoms with E-state index in [-0.39, 0.29) is 0 Å². The highest BCUT2D eigenvalue weighted by atomic mass is 32.2. The van der Waals surface area contributed by atoms with E-state index in [1.165, 1.54) is 11.8 Å². The lowest BCUT2D eigenvalue weighted by Crippen LogP contribution is -2.50. The first-order chi connectivity index (χ1) is 8.09. The highest BCUT2D eigenvalue weighted by Gasteiger charge is 2.38. The topological polar surface area (TPSA) is 82.8 Å². The minimum Gasteiger partial charge on any atom is -0.475 e. The first-order valence-corrected chi connectivity index (χ1v) is 6.38. The van der Waals surface area contributed by atoms with Crippen LogP contribution >= 0.6 is 11.8 Å². The molecule has 6 heteroatoms. The molecule has 0 amide bonds. The predicted molar refractivity (Wildman–Crippen MR) is 63.9 cm³/mol. The molecule has 1 aliphatic rings. The van der Waals surface area contributed by atoms with E-state index >= 15 is 0 Å². The molecule has 1 aliphatic heterocycles. The molecule has 0 aliphatic carbocycles. The van der Waals surface area contributed by atoms with Gasteiger partial charge in [0.25, 0.3) is 0 Å². The van der Waals surface area contributed by atoms with Crippen LogP contribution in [0.25, 0.3) is 0 Å². The summed E-state index contributed by atoms with van der Waals surface area (Å²) in [5.41, 5.74) is 0.136. The standard InChI is InChI=1S/C11H15NO4S/c1-6-8(3-2-4-12-6)16-11-10(15)9(14)7(13)5-17-11/h2-4,7,9-11,13-15H,5H2,1H3/t7-,9+,10-,11-/m1/s1. The number of nitrogens with zero attached hydrogens (tertiary/aromatic N) is 1. The fourth-order valence-corrected chi connectivity index (χ4v) is 2.72. The number of hydrogen-bond donors (Lipinski definition) is 3. The van der Waals surface area contributed by atoms with Gasteiger partial charge in [-0.3, -0.25) is 4.98 Å². The lowest BCUT2D eigenvalue weighted by Gasteiger charge is -2.34. The molecule has 0 spiro atoms. The molecule has 0 unspecified atom stereocenters. The fourth-order valence-electron chi connectivity index (χ4n) is 1.60. The lowest BCUT2D eigenvalue weighted by molar-refractivity contribution is -0.0787. The Morgan fingerprint density at radius 3 is 2.82 bits per heavy atom. The molecule has 1 saturated heterocycles. The van der Waals surface area contributed by atoms with Gasteiger partial charge in [-0.1, -0.05) is 0 Å². The second kappa shape index (κ2) is 5.22. The predicted octanol–water partition coefficient (Wildman–Crippen LogP) is -0.0756. The number of aliphatic hydroxyl groups is 3. The summed E-state index contributed by atoms with van der Waals surface area (Å²) in [5.74, 6) is 0.912. The summed E-state index contributed by atoms with van der Waals surface area (Å²) in [6.45, 7) is 1.81. The Balaban J connectivity index is 2.07. The van der Waals surface area contributed by atoms with Crippen LogP contribution in [0.1, 0.15) is 5.69 Å². The number of hydrogen-bond acceptors (Lipinski definition) is 6. The van der Waals surface area contributed by atoms with Crippen molar-refractivity contribution in [1.82, 2.24) is 4.98 Å². The molecule has 4 atom stereocenters. The van der Waals surface area contributed by atoms with Crippen molar-refractivity contribution < 1.29 is 20.1 Å². The molecular weight excluding hydrogens is 242 g/mol. The van der Waals surface area contributed by atoms with Crippen LogP contribution in [0, 0.1) is 6.92 Å². The van der Waals surface area contributed by atoms with Gasteiger partial charge in [-0.15, -0.1) is 11.8 Å². The number of aliphatic hydroxyl groups excluding tert-OH is 3. The molecule has 1 aromatic rings. The van der Waals surface area contributed by atoms with Gasteiger partial charge in [0.05, 0.1) is 11.8 Å². The van der Waals surface area contributed by atoms with Crippen LogP contribution < -0.4 is 4.74 Å². The maximum atomic E-state index is 9.78. The average Bonchev–Trinajstić information content (AvgIpc) is 2.32. The molecule has 1 fully saturated rings. The van der Waals surface area contributed by atoms with E-state index in [0.29, 0.717) is 11.5 Å². The number of aromatic nitrogens is 1. The summed E-state index contributed by atoms with van der Waals surface area (Å²) in [6.07, 6.45) is -1.53. The van der Waals surface area contributed by atoms with Gasteiger partial charge < -0.3 is 20.1 Å². The smallest absolute Gasteiger partial charge is 0.173 e. The zero-order valence-corrected chi connectivity index (χ0v) is 10.2. The molecule has 0 bridgehead atoms. The Kier molecular flexibility index (Phi) is 3.88. The van der Waals surface area contributed by atoms with E-state index in [1.807, 2.05) is 0 Å². The summed E-state index contributed by atoms with van der Waals surface area (Å²) in [4.78, 5) is 4.08. The fraction of sp³-hybridized carbons (Fsp3) is 0.545. The molecule has 0 aromatic carbocycles. The van der Waals surface area contributed by atoms with Crippen molar-refractivity contribution in [3.8, 4) is 5.75 Å². The van der Waals surface area contributed by atoms with Crippen molar-refractivity contribution in [1.29, 1.82) is 0 Å². The van der Waals surface area contributed by atoms with Crippen LogP contribution in [-0.2, 0) is 0 Å². The van der Waals surface area contributed by atoms with E-state index in [4.69, 9.17) is 4.74 Å². The number of ether oxygens (including phenoxy) is 1. The van der Waals surface area contributed by atoms with Crippen LogP contribution in [0.15, 0.2) is 18.3 Å². The van der Waals surface area contributed by atoms with Crippen LogP contribution in [-0.4, -0.2) is 49.8 Å². The third kappa shape index (κ3) is 2.71. The lowest BCUT2D eigenvalue weighted by atomic mass is 10.1. The van der Waals surface area contributed by atoms with Gasteiger partial charge in [-0.05, 0) is 19.1 Å². The van der Waals surface area contributed by atoms with Crippen molar-refractivity contribution in [3.05, 3.63) is 24.0 Å². The summed E-state index contributed by atoms with van der Waals surface area (Å²) in [5, 5.41) is 28.7. The SMILES string of the molecule is Cc1ncccc1O[C@@H]1SC[C@@H](O)[C@H](O)[C@H]1O. The molecular formula is C11H15NO4S. The molecule has 2 rings (SSSR count). The third-order valence-corrected chi connectivity index (χ3v) is 3.89. The number of aryl methyl sites for hydroxylation is 1. The first-order valence-electron chi connectivity index (χ1n) is 5.33. The summed E-state index contributed by atoms with van der Waals surface area (Å²) >= 11 is 1.28. The normalized spacial score (nSPS) is 33.4. The third-order valence-electron chi connectivity index (χ3n) is 2.66. The maximum absolute atomic E-state index is 9.78. The van der Waals surface area contributed by atoms with Gasteiger partial charge in [-0.25, -0.2) is 0 Å². The molecule has 0 saturated carbocycles. The maximum Gasteiger partial charge on any atom is 0.173 e. The van der Waals surface area contributed by atoms with Crippen molar-refractivity contribution in [2.24, 2.45) is 0 Å². The van der Waals surface area contributed by atoms with Crippen LogP contribution in [0.4, 0.5) is 0 Å². The minimum absolute atomic E-state index is 0.336. The molecule has 94 valence electrons. The van der Waals surface area contributed by atoms with Gasteiger partial charge in [0.2, 0.25) is 0 Å². The molecule has 1 aromatic heterocycles. The molecule has 2 heterocycles. The monoisotopic (exact) mass is 257 g/mol. The zero-order chi connectivity index (χ0) is 12.4. The van der Waals surface area contributed by atoms with Crippen LogP contribution in [0.3, 0.4) is 0 Å². The number of thioether (sulfide) groups is 1. The summed E-state index contributed by atoms with van der Waals surface area (Å²) < 4.78 is 5.60. The Morgan fingerprint density at radius 1 is 1.35 bits per heavy atom. The zero-order valence-electron chi connectivity index (χ0n) is 9.35. The molecule has 5 nitrogen and oxygen atoms in total. The van der Waals surface area contributed by atoms with E-state index in [1.54, 1.807) is 25.3 Å². The quantitative estimate of drug-likeness (QED) is 0.687. The van der Waals surface area contributed by atoms with Crippen molar-refractivity contribution in [2.75, 3.05) is 5.75 Å². The van der Waals surface area contributed by atoms with E-state index in [9.17, 15) is 15.3 Å². The molecule has 0 radical (unpaired) electrons. The Labute approximate surface area is 103 Å². The second-order valence-electron chi connectivity index (χ2n) is 3.96. The summed E-state index contributed by atoms with van der Waals surface area (Å²) in [7, 11) is 0. The van der Waals surface area contributed by atoms with Crippen molar-refractivity contribution in [2.45, 2.75) is 30.7 Å². The van der Waals surface area contributed by atoms with E-state index in [0.717, 1.165) is 5.69 Å². The highest BCUT2D eigenvalue weighted by Crippen LogP contribution is 2.29. The number of pyridine rings is 1. The van der Waals surface area contributed by atoms with Gasteiger partial charge in [0.15, 0.2) is 5.44 Å². The largest absolute Gasteiger partial charge is 0.475 e. The average molecular weight is 257 g/mol. The Hall–Kier alpha value is -0.820. The van der Waals surface area contributed by atoms with Crippen LogP contribution in [0.2, 0.25) is 0 Å². The number of rotatable bonds is 2. The van der Waals surface area contributed by atoms with Crippen LogP contribution in [0.5, 0.6) is 5.75 Å². The summed E-state index contributed by atoms with van der Waals surface area (Å²) in [6, 6.07) is 3.50. The highest BCUT2D eigenvalue weighted by molar-refractivity contribution is 7.99. The Morgan fingerprint density at radius 2 is 2.12 bits per heavy atom. The second-order valence-corrected chi connectivity index (χ2v) is 5.09. The van der Waals surface area contributed by atoms with Gasteiger partial charge in [-0.2, -0.15) is 0 Å². The van der Waals surface area contributed by atoms with E-state index in [2.05, 4.69) is 4.98 Å². The molecule has 3 N–H and O–H groups in total. The minimum atomic E-state index is -1.17. The van der Waals surface area contributed by atoms with Crippen molar-refractivity contribution >= 4 is 11.8 Å². The van der Waals surface area contributed by atoms with E-state index < -0.39 is 23.7 Å². The van der Waals surface area contributed by atoms with Gasteiger partial charge in [0, 0.05) is 11.9 Å². The van der Waals surface area contributed by atoms with Gasteiger partial charge in [0.1, 0.15) is 18.0 Å². The first kappa shape index (κ1) is 12.6.